The van der Waals surface area contributed by atoms with Gasteiger partial charge in [0.15, 0.2) is 17.5 Å². The van der Waals surface area contributed by atoms with Crippen LogP contribution < -0.4 is 4.90 Å². The van der Waals surface area contributed by atoms with E-state index >= 15 is 0 Å². The van der Waals surface area contributed by atoms with Crippen molar-refractivity contribution >= 4 is 18.0 Å². The van der Waals surface area contributed by atoms with Crippen LogP contribution in [0.4, 0.5) is 10.2 Å². The van der Waals surface area contributed by atoms with Crippen LogP contribution in [-0.4, -0.2) is 36.3 Å². The van der Waals surface area contributed by atoms with Crippen LogP contribution in [0.15, 0.2) is 36.5 Å². The first-order valence-corrected chi connectivity index (χ1v) is 6.91. The average molecular weight is 285 g/mol. The molecule has 4 nitrogen and oxygen atoms in total. The van der Waals surface area contributed by atoms with Crippen molar-refractivity contribution < 1.29 is 9.13 Å². The summed E-state index contributed by atoms with van der Waals surface area (Å²) < 4.78 is 19.2. The summed E-state index contributed by atoms with van der Waals surface area (Å²) in [6, 6.07) is 9.86. The van der Waals surface area contributed by atoms with Crippen LogP contribution in [-0.2, 0) is 4.74 Å². The molecule has 108 valence electrons. The molecular formula is C16H16FN3O. The van der Waals surface area contributed by atoms with Crippen LogP contribution >= 0.6 is 0 Å². The first-order chi connectivity index (χ1) is 10.3. The van der Waals surface area contributed by atoms with E-state index < -0.39 is 5.82 Å². The molecule has 1 aromatic carbocycles. The van der Waals surface area contributed by atoms with Crippen molar-refractivity contribution in [2.24, 2.45) is 0 Å². The van der Waals surface area contributed by atoms with Gasteiger partial charge in [-0.25, -0.2) is 14.4 Å². The molecule has 1 fully saturated rings. The van der Waals surface area contributed by atoms with Gasteiger partial charge in [0.25, 0.3) is 0 Å². The lowest BCUT2D eigenvalue weighted by molar-refractivity contribution is 0.122. The number of rotatable bonds is 3. The summed E-state index contributed by atoms with van der Waals surface area (Å²) in [7, 11) is 0. The van der Waals surface area contributed by atoms with E-state index in [0.717, 1.165) is 5.56 Å². The van der Waals surface area contributed by atoms with E-state index in [4.69, 9.17) is 4.74 Å². The molecule has 0 saturated carbocycles. The molecule has 0 spiro atoms. The zero-order chi connectivity index (χ0) is 14.5. The van der Waals surface area contributed by atoms with Gasteiger partial charge in [0, 0.05) is 13.1 Å². The molecule has 0 atom stereocenters. The number of nitrogens with zero attached hydrogens (tertiary/aromatic N) is 3. The smallest absolute Gasteiger partial charge is 0.183 e. The summed E-state index contributed by atoms with van der Waals surface area (Å²) in [5, 5.41) is 0. The van der Waals surface area contributed by atoms with Crippen LogP contribution in [0.25, 0.3) is 12.2 Å². The highest BCUT2D eigenvalue weighted by Crippen LogP contribution is 2.17. The molecule has 1 aromatic heterocycles. The Morgan fingerprint density at radius 3 is 2.62 bits per heavy atom. The second-order valence-corrected chi connectivity index (χ2v) is 4.74. The number of ether oxygens (including phenoxy) is 1. The molecular weight excluding hydrogens is 269 g/mol. The molecule has 0 amide bonds. The number of halogens is 1. The Morgan fingerprint density at radius 1 is 1.10 bits per heavy atom. The number of hydrogen-bond donors (Lipinski definition) is 0. The molecule has 1 aliphatic heterocycles. The Bertz CT molecular complexity index is 625. The first kappa shape index (κ1) is 13.7. The number of anilines is 1. The van der Waals surface area contributed by atoms with Crippen LogP contribution in [0.3, 0.4) is 0 Å². The Hall–Kier alpha value is -2.27. The van der Waals surface area contributed by atoms with Crippen molar-refractivity contribution in [1.82, 2.24) is 9.97 Å². The van der Waals surface area contributed by atoms with Gasteiger partial charge in [-0.1, -0.05) is 36.4 Å². The van der Waals surface area contributed by atoms with Crippen molar-refractivity contribution in [3.63, 3.8) is 0 Å². The summed E-state index contributed by atoms with van der Waals surface area (Å²) in [5.74, 6) is 0.455. The molecule has 0 aliphatic carbocycles. The molecule has 0 unspecified atom stereocenters. The van der Waals surface area contributed by atoms with Crippen molar-refractivity contribution in [1.29, 1.82) is 0 Å². The minimum atomic E-state index is -0.395. The lowest BCUT2D eigenvalue weighted by Gasteiger charge is -2.27. The van der Waals surface area contributed by atoms with E-state index in [1.807, 2.05) is 41.3 Å². The van der Waals surface area contributed by atoms with Crippen molar-refractivity contribution in [2.45, 2.75) is 0 Å². The fraction of sp³-hybridized carbons (Fsp3) is 0.250. The van der Waals surface area contributed by atoms with Crippen LogP contribution in [0, 0.1) is 5.82 Å². The highest BCUT2D eigenvalue weighted by molar-refractivity contribution is 5.67. The third kappa shape index (κ3) is 3.44. The Labute approximate surface area is 122 Å². The maximum atomic E-state index is 13.9. The summed E-state index contributed by atoms with van der Waals surface area (Å²) in [4.78, 5) is 10.2. The molecule has 1 saturated heterocycles. The average Bonchev–Trinajstić information content (AvgIpc) is 2.56. The van der Waals surface area contributed by atoms with E-state index in [-0.39, 0.29) is 0 Å². The van der Waals surface area contributed by atoms with Gasteiger partial charge < -0.3 is 9.64 Å². The SMILES string of the molecule is Fc1cnc(/C=C/c2ccccc2)nc1N1CCOCC1. The van der Waals surface area contributed by atoms with E-state index in [0.29, 0.717) is 37.9 Å². The number of aromatic nitrogens is 2. The lowest BCUT2D eigenvalue weighted by Crippen LogP contribution is -2.37. The van der Waals surface area contributed by atoms with E-state index in [9.17, 15) is 4.39 Å². The third-order valence-electron chi connectivity index (χ3n) is 3.28. The number of benzene rings is 1. The van der Waals surface area contributed by atoms with Crippen molar-refractivity contribution in [3.05, 3.63) is 53.7 Å². The molecule has 0 N–H and O–H groups in total. The van der Waals surface area contributed by atoms with Gasteiger partial charge in [0.05, 0.1) is 19.4 Å². The van der Waals surface area contributed by atoms with Gasteiger partial charge in [-0.3, -0.25) is 0 Å². The van der Waals surface area contributed by atoms with Gasteiger partial charge >= 0.3 is 0 Å². The van der Waals surface area contributed by atoms with E-state index in [1.165, 1.54) is 6.20 Å². The maximum Gasteiger partial charge on any atom is 0.183 e. The number of hydrogen-bond acceptors (Lipinski definition) is 4. The molecule has 5 heteroatoms. The second-order valence-electron chi connectivity index (χ2n) is 4.74. The molecule has 0 bridgehead atoms. The van der Waals surface area contributed by atoms with Crippen molar-refractivity contribution in [2.75, 3.05) is 31.2 Å². The largest absolute Gasteiger partial charge is 0.378 e. The monoisotopic (exact) mass is 285 g/mol. The standard InChI is InChI=1S/C16H16FN3O/c17-14-12-18-15(7-6-13-4-2-1-3-5-13)19-16(14)20-8-10-21-11-9-20/h1-7,12H,8-11H2/b7-6+. The van der Waals surface area contributed by atoms with Gasteiger partial charge in [-0.05, 0) is 11.6 Å². The predicted molar refractivity (Wildman–Crippen MR) is 80.4 cm³/mol. The van der Waals surface area contributed by atoms with Gasteiger partial charge in [-0.15, -0.1) is 0 Å². The zero-order valence-corrected chi connectivity index (χ0v) is 11.6. The third-order valence-corrected chi connectivity index (χ3v) is 3.28. The quantitative estimate of drug-likeness (QED) is 0.869. The van der Waals surface area contributed by atoms with Crippen LogP contribution in [0.2, 0.25) is 0 Å². The molecule has 0 radical (unpaired) electrons. The summed E-state index contributed by atoms with van der Waals surface area (Å²) >= 11 is 0. The highest BCUT2D eigenvalue weighted by atomic mass is 19.1. The van der Waals surface area contributed by atoms with Crippen LogP contribution in [0.5, 0.6) is 0 Å². The minimum absolute atomic E-state index is 0.348. The molecule has 1 aliphatic rings. The Kier molecular flexibility index (Phi) is 4.21. The molecule has 3 rings (SSSR count). The topological polar surface area (TPSA) is 38.2 Å². The predicted octanol–water partition coefficient (Wildman–Crippen LogP) is 2.62. The fourth-order valence-electron chi connectivity index (χ4n) is 2.18. The molecule has 2 heterocycles. The minimum Gasteiger partial charge on any atom is -0.378 e. The van der Waals surface area contributed by atoms with Gasteiger partial charge in [0.2, 0.25) is 0 Å². The zero-order valence-electron chi connectivity index (χ0n) is 11.6. The van der Waals surface area contributed by atoms with Gasteiger partial charge in [-0.2, -0.15) is 0 Å². The normalized spacial score (nSPS) is 15.6. The summed E-state index contributed by atoms with van der Waals surface area (Å²) in [6.45, 7) is 2.49. The van der Waals surface area contributed by atoms with Crippen molar-refractivity contribution in [3.8, 4) is 0 Å². The summed E-state index contributed by atoms with van der Waals surface area (Å²) in [5.41, 5.74) is 1.05. The second kappa shape index (κ2) is 6.45. The van der Waals surface area contributed by atoms with Crippen LogP contribution in [0.1, 0.15) is 11.4 Å². The van der Waals surface area contributed by atoms with Gasteiger partial charge in [0.1, 0.15) is 0 Å². The molecule has 2 aromatic rings. The summed E-state index contributed by atoms with van der Waals surface area (Å²) in [6.07, 6.45) is 4.93. The first-order valence-electron chi connectivity index (χ1n) is 6.91. The Balaban J connectivity index is 1.82. The number of morpholine rings is 1. The van der Waals surface area contributed by atoms with E-state index in [2.05, 4.69) is 9.97 Å². The molecule has 21 heavy (non-hydrogen) atoms. The fourth-order valence-corrected chi connectivity index (χ4v) is 2.18. The Morgan fingerprint density at radius 2 is 1.86 bits per heavy atom. The lowest BCUT2D eigenvalue weighted by atomic mass is 10.2. The highest BCUT2D eigenvalue weighted by Gasteiger charge is 2.17. The van der Waals surface area contributed by atoms with E-state index in [1.54, 1.807) is 6.08 Å². The maximum absolute atomic E-state index is 13.9.